The van der Waals surface area contributed by atoms with Crippen LogP contribution in [0.2, 0.25) is 0 Å². The Hall–Kier alpha value is -7.43. The minimum atomic E-state index is -0.0560. The molecule has 4 heteroatoms. The zero-order valence-corrected chi connectivity index (χ0v) is 32.1. The van der Waals surface area contributed by atoms with Crippen molar-refractivity contribution in [1.29, 1.82) is 0 Å². The van der Waals surface area contributed by atoms with Gasteiger partial charge in [0.05, 0.1) is 0 Å². The molecule has 0 radical (unpaired) electrons. The zero-order chi connectivity index (χ0) is 38.8. The van der Waals surface area contributed by atoms with Crippen molar-refractivity contribution in [2.24, 2.45) is 0 Å². The highest BCUT2D eigenvalue weighted by Crippen LogP contribution is 2.52. The number of rotatable bonds is 6. The fourth-order valence-electron chi connectivity index (χ4n) is 8.87. The molecule has 0 saturated carbocycles. The lowest BCUT2D eigenvalue weighted by Gasteiger charge is -2.21. The Morgan fingerprint density at radius 1 is 0.362 bits per heavy atom. The van der Waals surface area contributed by atoms with Crippen molar-refractivity contribution in [3.63, 3.8) is 0 Å². The molecule has 8 aromatic carbocycles. The molecule has 0 N–H and O–H groups in total. The van der Waals surface area contributed by atoms with E-state index >= 15 is 0 Å². The molecule has 0 saturated heterocycles. The number of nitrogens with zero attached hydrogens (tertiary/aromatic N) is 3. The summed E-state index contributed by atoms with van der Waals surface area (Å²) in [6.07, 6.45) is 0. The average Bonchev–Trinajstić information content (AvgIpc) is 3.78. The number of hydrogen-bond acceptors (Lipinski definition) is 4. The van der Waals surface area contributed by atoms with Crippen molar-refractivity contribution in [2.45, 2.75) is 19.3 Å². The summed E-state index contributed by atoms with van der Waals surface area (Å²) in [5.74, 6) is 1.81. The van der Waals surface area contributed by atoms with Crippen molar-refractivity contribution < 1.29 is 4.42 Å². The molecule has 274 valence electrons. The summed E-state index contributed by atoms with van der Waals surface area (Å²) in [5.41, 5.74) is 16.6. The van der Waals surface area contributed by atoms with Crippen LogP contribution in [0.25, 0.3) is 101 Å². The van der Waals surface area contributed by atoms with Gasteiger partial charge in [-0.2, -0.15) is 0 Å². The quantitative estimate of drug-likeness (QED) is 0.170. The average molecular weight is 744 g/mol. The van der Waals surface area contributed by atoms with Gasteiger partial charge in [-0.1, -0.05) is 172 Å². The van der Waals surface area contributed by atoms with Crippen molar-refractivity contribution in [2.75, 3.05) is 0 Å². The third-order valence-corrected chi connectivity index (χ3v) is 11.7. The van der Waals surface area contributed by atoms with Crippen LogP contribution in [0.4, 0.5) is 0 Å². The van der Waals surface area contributed by atoms with Gasteiger partial charge in [0.2, 0.25) is 0 Å². The van der Waals surface area contributed by atoms with Crippen LogP contribution in [0.1, 0.15) is 25.0 Å². The number of benzene rings is 8. The summed E-state index contributed by atoms with van der Waals surface area (Å²) in [6.45, 7) is 4.66. The summed E-state index contributed by atoms with van der Waals surface area (Å²) >= 11 is 0. The van der Waals surface area contributed by atoms with Gasteiger partial charge in [0.1, 0.15) is 11.2 Å². The molecule has 0 bridgehead atoms. The molecule has 10 aromatic rings. The van der Waals surface area contributed by atoms with E-state index in [0.717, 1.165) is 60.9 Å². The molecule has 4 nitrogen and oxygen atoms in total. The van der Waals surface area contributed by atoms with E-state index in [-0.39, 0.29) is 5.41 Å². The summed E-state index contributed by atoms with van der Waals surface area (Å²) < 4.78 is 6.49. The van der Waals surface area contributed by atoms with Gasteiger partial charge < -0.3 is 4.42 Å². The van der Waals surface area contributed by atoms with E-state index in [1.807, 2.05) is 42.5 Å². The molecular formula is C54H37N3O. The van der Waals surface area contributed by atoms with Crippen molar-refractivity contribution in [1.82, 2.24) is 15.0 Å². The molecule has 58 heavy (non-hydrogen) atoms. The SMILES string of the molecule is CC1(C)c2ccccc2-c2c(-c3cccc(-c4cccc(-c5nc(-c6ccccc6)nc(-c6ccc7c(c6)oc6cccc(-c8ccccc8)c67)n5)c4)c3)cccc21. The fourth-order valence-corrected chi connectivity index (χ4v) is 8.87. The van der Waals surface area contributed by atoms with Gasteiger partial charge in [-0.25, -0.2) is 15.0 Å². The topological polar surface area (TPSA) is 51.8 Å². The second-order valence-corrected chi connectivity index (χ2v) is 15.6. The summed E-state index contributed by atoms with van der Waals surface area (Å²) in [4.78, 5) is 15.2. The first kappa shape index (κ1) is 33.9. The van der Waals surface area contributed by atoms with E-state index in [1.54, 1.807) is 0 Å². The van der Waals surface area contributed by atoms with Gasteiger partial charge in [-0.05, 0) is 86.0 Å². The Labute approximate surface area is 337 Å². The molecule has 2 heterocycles. The first-order valence-corrected chi connectivity index (χ1v) is 19.8. The van der Waals surface area contributed by atoms with Gasteiger partial charge in [0.25, 0.3) is 0 Å². The molecule has 0 atom stereocenters. The first-order chi connectivity index (χ1) is 28.5. The predicted octanol–water partition coefficient (Wildman–Crippen LogP) is 14.1. The first-order valence-electron chi connectivity index (χ1n) is 19.8. The van der Waals surface area contributed by atoms with Gasteiger partial charge in [0, 0.05) is 32.9 Å². The number of furan rings is 1. The fraction of sp³-hybridized carbons (Fsp3) is 0.0556. The Kier molecular flexibility index (Phi) is 7.80. The van der Waals surface area contributed by atoms with Gasteiger partial charge in [0.15, 0.2) is 17.5 Å². The maximum absolute atomic E-state index is 6.49. The summed E-state index contributed by atoms with van der Waals surface area (Å²) in [6, 6.07) is 66.1. The van der Waals surface area contributed by atoms with Gasteiger partial charge in [-0.3, -0.25) is 0 Å². The van der Waals surface area contributed by atoms with E-state index in [1.165, 1.54) is 33.4 Å². The van der Waals surface area contributed by atoms with E-state index in [4.69, 9.17) is 19.4 Å². The largest absolute Gasteiger partial charge is 0.456 e. The molecule has 2 aromatic heterocycles. The Morgan fingerprint density at radius 2 is 0.879 bits per heavy atom. The van der Waals surface area contributed by atoms with Gasteiger partial charge >= 0.3 is 0 Å². The summed E-state index contributed by atoms with van der Waals surface area (Å²) in [5, 5.41) is 2.15. The van der Waals surface area contributed by atoms with Crippen LogP contribution in [0.5, 0.6) is 0 Å². The number of aromatic nitrogens is 3. The maximum atomic E-state index is 6.49. The summed E-state index contributed by atoms with van der Waals surface area (Å²) in [7, 11) is 0. The lowest BCUT2D eigenvalue weighted by atomic mass is 9.82. The third-order valence-electron chi connectivity index (χ3n) is 11.7. The molecule has 11 rings (SSSR count). The Balaban J connectivity index is 1.01. The highest BCUT2D eigenvalue weighted by molar-refractivity contribution is 6.13. The molecule has 1 aliphatic rings. The van der Waals surface area contributed by atoms with Crippen molar-refractivity contribution >= 4 is 21.9 Å². The third kappa shape index (κ3) is 5.56. The van der Waals surface area contributed by atoms with Crippen molar-refractivity contribution in [3.05, 3.63) is 199 Å². The van der Waals surface area contributed by atoms with Gasteiger partial charge in [-0.15, -0.1) is 0 Å². The molecule has 0 aliphatic heterocycles. The van der Waals surface area contributed by atoms with Crippen LogP contribution in [-0.4, -0.2) is 15.0 Å². The number of hydrogen-bond donors (Lipinski definition) is 0. The smallest absolute Gasteiger partial charge is 0.164 e. The molecule has 0 amide bonds. The van der Waals surface area contributed by atoms with Crippen LogP contribution < -0.4 is 0 Å². The monoisotopic (exact) mass is 743 g/mol. The normalized spacial score (nSPS) is 12.8. The Bertz CT molecular complexity index is 3200. The lowest BCUT2D eigenvalue weighted by Crippen LogP contribution is -2.14. The van der Waals surface area contributed by atoms with Crippen LogP contribution in [0, 0.1) is 0 Å². The second-order valence-electron chi connectivity index (χ2n) is 15.6. The zero-order valence-electron chi connectivity index (χ0n) is 32.1. The molecule has 1 aliphatic carbocycles. The van der Waals surface area contributed by atoms with E-state index in [2.05, 4.69) is 159 Å². The highest BCUT2D eigenvalue weighted by Gasteiger charge is 2.36. The van der Waals surface area contributed by atoms with Crippen LogP contribution in [0.15, 0.2) is 192 Å². The molecule has 0 unspecified atom stereocenters. The minimum Gasteiger partial charge on any atom is -0.456 e. The maximum Gasteiger partial charge on any atom is 0.164 e. The van der Waals surface area contributed by atoms with E-state index in [9.17, 15) is 0 Å². The van der Waals surface area contributed by atoms with Crippen LogP contribution in [-0.2, 0) is 5.41 Å². The van der Waals surface area contributed by atoms with Crippen molar-refractivity contribution in [3.8, 4) is 78.7 Å². The standard InChI is InChI=1S/C54H37N3O/c1-54(2)45-26-10-9-23-43(45)49-42(24-13-27-46(49)54)38-21-11-19-36(31-38)37-20-12-22-39(32-37)52-55-51(35-17-7-4-8-18-35)56-53(57-52)40-29-30-44-48(33-40)58-47-28-14-25-41(50(44)47)34-15-5-3-6-16-34/h3-33H,1-2H3. The Morgan fingerprint density at radius 3 is 1.64 bits per heavy atom. The number of fused-ring (bicyclic) bond motifs is 6. The van der Waals surface area contributed by atoms with E-state index in [0.29, 0.717) is 17.5 Å². The lowest BCUT2D eigenvalue weighted by molar-refractivity contribution is 0.660. The van der Waals surface area contributed by atoms with Crippen LogP contribution >= 0.6 is 0 Å². The van der Waals surface area contributed by atoms with Crippen LogP contribution in [0.3, 0.4) is 0 Å². The minimum absolute atomic E-state index is 0.0560. The molecular weight excluding hydrogens is 707 g/mol. The van der Waals surface area contributed by atoms with E-state index < -0.39 is 0 Å². The predicted molar refractivity (Wildman–Crippen MR) is 237 cm³/mol. The molecule has 0 fully saturated rings. The highest BCUT2D eigenvalue weighted by atomic mass is 16.3. The second kappa shape index (κ2) is 13.4. The molecule has 0 spiro atoms.